The van der Waals surface area contributed by atoms with Crippen LogP contribution in [0.5, 0.6) is 5.75 Å². The second-order valence-corrected chi connectivity index (χ2v) is 7.81. The molecule has 1 rings (SSSR count). The highest BCUT2D eigenvalue weighted by Gasteiger charge is 2.32. The lowest BCUT2D eigenvalue weighted by atomic mass is 10.1. The molecule has 8 heteroatoms. The van der Waals surface area contributed by atoms with Crippen molar-refractivity contribution in [3.8, 4) is 5.75 Å². The Morgan fingerprint density at radius 3 is 2.37 bits per heavy atom. The van der Waals surface area contributed by atoms with Crippen molar-refractivity contribution in [2.24, 2.45) is 0 Å². The molecule has 0 saturated heterocycles. The van der Waals surface area contributed by atoms with Gasteiger partial charge in [0, 0.05) is 13.7 Å². The van der Waals surface area contributed by atoms with Crippen molar-refractivity contribution in [2.45, 2.75) is 65.0 Å². The molecule has 0 aliphatic carbocycles. The number of ether oxygens (including phenoxy) is 5. The van der Waals surface area contributed by atoms with Crippen LogP contribution in [0.3, 0.4) is 0 Å². The molecular formula is C22H35NO7. The first-order valence-corrected chi connectivity index (χ1v) is 10.1. The molecule has 0 spiro atoms. The summed E-state index contributed by atoms with van der Waals surface area (Å²) in [5.74, 6) is 0.0140. The highest BCUT2D eigenvalue weighted by atomic mass is 16.6. The van der Waals surface area contributed by atoms with Gasteiger partial charge in [0.05, 0.1) is 6.61 Å². The maximum absolute atomic E-state index is 12.3. The summed E-state index contributed by atoms with van der Waals surface area (Å²) in [4.78, 5) is 24.0. The van der Waals surface area contributed by atoms with Crippen molar-refractivity contribution < 1.29 is 33.3 Å². The van der Waals surface area contributed by atoms with Crippen LogP contribution >= 0.6 is 0 Å². The Hall–Kier alpha value is -2.32. The molecule has 30 heavy (non-hydrogen) atoms. The largest absolute Gasteiger partial charge is 0.484 e. The summed E-state index contributed by atoms with van der Waals surface area (Å²) in [6, 6.07) is 9.22. The van der Waals surface area contributed by atoms with Crippen LogP contribution in [0.15, 0.2) is 30.3 Å². The second-order valence-electron chi connectivity index (χ2n) is 7.81. The number of hydrogen-bond acceptors (Lipinski definition) is 7. The molecule has 0 bridgehead atoms. The van der Waals surface area contributed by atoms with E-state index in [1.165, 1.54) is 0 Å². The highest BCUT2D eigenvalue weighted by Crippen LogP contribution is 2.19. The van der Waals surface area contributed by atoms with Crippen LogP contribution in [-0.4, -0.2) is 62.8 Å². The Morgan fingerprint density at radius 2 is 1.80 bits per heavy atom. The molecule has 8 nitrogen and oxygen atoms in total. The minimum atomic E-state index is -0.687. The van der Waals surface area contributed by atoms with Crippen LogP contribution in [0.1, 0.15) is 41.0 Å². The highest BCUT2D eigenvalue weighted by molar-refractivity contribution is 5.78. The molecule has 0 heterocycles. The number of benzene rings is 1. The molecule has 0 radical (unpaired) electrons. The van der Waals surface area contributed by atoms with E-state index < -0.39 is 36.0 Å². The van der Waals surface area contributed by atoms with Gasteiger partial charge in [0.2, 0.25) is 0 Å². The third kappa shape index (κ3) is 10.5. The van der Waals surface area contributed by atoms with E-state index in [4.69, 9.17) is 23.7 Å². The molecule has 1 aromatic rings. The Morgan fingerprint density at radius 1 is 1.13 bits per heavy atom. The normalized spacial score (nSPS) is 14.3. The first kappa shape index (κ1) is 25.7. The van der Waals surface area contributed by atoms with Gasteiger partial charge in [-0.3, -0.25) is 4.79 Å². The van der Waals surface area contributed by atoms with Gasteiger partial charge in [-0.15, -0.1) is 0 Å². The first-order chi connectivity index (χ1) is 14.2. The maximum atomic E-state index is 12.3. The molecule has 1 amide bonds. The van der Waals surface area contributed by atoms with Crippen LogP contribution in [0, 0.1) is 0 Å². The average molecular weight is 426 g/mol. The third-order valence-electron chi connectivity index (χ3n) is 3.80. The number of methoxy groups -OCH3 is 1. The summed E-state index contributed by atoms with van der Waals surface area (Å²) < 4.78 is 27.9. The van der Waals surface area contributed by atoms with E-state index in [1.807, 2.05) is 37.3 Å². The summed E-state index contributed by atoms with van der Waals surface area (Å²) in [5.41, 5.74) is -0.653. The van der Waals surface area contributed by atoms with Gasteiger partial charge in [-0.2, -0.15) is 0 Å². The van der Waals surface area contributed by atoms with Crippen LogP contribution in [0.2, 0.25) is 0 Å². The molecule has 0 saturated carbocycles. The number of rotatable bonds is 12. The molecule has 0 fully saturated rings. The molecule has 3 atom stereocenters. The first-order valence-electron chi connectivity index (χ1n) is 10.1. The Kier molecular flexibility index (Phi) is 11.2. The zero-order valence-corrected chi connectivity index (χ0v) is 18.8. The third-order valence-corrected chi connectivity index (χ3v) is 3.80. The van der Waals surface area contributed by atoms with Crippen molar-refractivity contribution in [3.05, 3.63) is 30.3 Å². The number of amides is 1. The smallest absolute Gasteiger partial charge is 0.408 e. The predicted octanol–water partition coefficient (Wildman–Crippen LogP) is 3.33. The molecule has 0 aromatic heterocycles. The summed E-state index contributed by atoms with van der Waals surface area (Å²) in [5, 5.41) is 2.39. The molecule has 0 aliphatic heterocycles. The lowest BCUT2D eigenvalue weighted by molar-refractivity contribution is -0.159. The van der Waals surface area contributed by atoms with Crippen molar-refractivity contribution in [1.29, 1.82) is 0 Å². The fraction of sp³-hybridized carbons (Fsp3) is 0.636. The summed E-state index contributed by atoms with van der Waals surface area (Å²) in [7, 11) is 1.57. The van der Waals surface area contributed by atoms with Crippen molar-refractivity contribution in [1.82, 2.24) is 5.32 Å². The van der Waals surface area contributed by atoms with E-state index in [1.54, 1.807) is 34.8 Å². The van der Waals surface area contributed by atoms with E-state index in [2.05, 4.69) is 5.32 Å². The van der Waals surface area contributed by atoms with Gasteiger partial charge in [-0.1, -0.05) is 25.1 Å². The number of hydrogen-bond donors (Lipinski definition) is 1. The summed E-state index contributed by atoms with van der Waals surface area (Å²) >= 11 is 0. The number of carbonyl (C=O) groups is 2. The molecule has 170 valence electrons. The molecule has 0 unspecified atom stereocenters. The Balaban J connectivity index is 2.78. The van der Waals surface area contributed by atoms with E-state index in [0.29, 0.717) is 12.4 Å². The van der Waals surface area contributed by atoms with E-state index >= 15 is 0 Å². The van der Waals surface area contributed by atoms with Gasteiger partial charge in [-0.25, -0.2) is 4.79 Å². The molecule has 1 aromatic carbocycles. The quantitative estimate of drug-likeness (QED) is 0.514. The lowest BCUT2D eigenvalue weighted by Gasteiger charge is -2.31. The van der Waals surface area contributed by atoms with Gasteiger partial charge in [0.1, 0.15) is 30.1 Å². The van der Waals surface area contributed by atoms with Crippen molar-refractivity contribution in [2.75, 3.05) is 26.9 Å². The topological polar surface area (TPSA) is 92.3 Å². The van der Waals surface area contributed by atoms with Crippen molar-refractivity contribution >= 4 is 12.1 Å². The summed E-state index contributed by atoms with van der Waals surface area (Å²) in [6.45, 7) is 9.42. The van der Waals surface area contributed by atoms with Crippen molar-refractivity contribution in [3.63, 3.8) is 0 Å². The number of para-hydroxylation sites is 1. The van der Waals surface area contributed by atoms with Gasteiger partial charge >= 0.3 is 12.1 Å². The van der Waals surface area contributed by atoms with Gasteiger partial charge in [0.15, 0.2) is 6.10 Å². The molecule has 0 aliphatic rings. The summed E-state index contributed by atoms with van der Waals surface area (Å²) in [6.07, 6.45) is -1.57. The molecular weight excluding hydrogens is 390 g/mol. The van der Waals surface area contributed by atoms with E-state index in [-0.39, 0.29) is 13.2 Å². The average Bonchev–Trinajstić information content (AvgIpc) is 2.67. The number of carbonyl (C=O) groups excluding carboxylic acids is 2. The Labute approximate surface area is 179 Å². The minimum absolute atomic E-state index is 0.273. The standard InChI is InChI=1S/C22H35NO7/c1-7-13-27-18(15-26-6)20(29-17-11-9-8-10-12-17)16(2)28-19(24)14-23-21(25)30-22(3,4)5/h8-12,16,18,20H,7,13-15H2,1-6H3,(H,23,25)/t16-,18-,20-/m0/s1. The van der Waals surface area contributed by atoms with E-state index in [0.717, 1.165) is 6.42 Å². The lowest BCUT2D eigenvalue weighted by Crippen LogP contribution is -2.47. The fourth-order valence-electron chi connectivity index (χ4n) is 2.58. The minimum Gasteiger partial charge on any atom is -0.484 e. The fourth-order valence-corrected chi connectivity index (χ4v) is 2.58. The van der Waals surface area contributed by atoms with Gasteiger partial charge < -0.3 is 29.0 Å². The Bertz CT molecular complexity index is 630. The van der Waals surface area contributed by atoms with Crippen LogP contribution in [0.25, 0.3) is 0 Å². The van der Waals surface area contributed by atoms with Gasteiger partial charge in [-0.05, 0) is 46.2 Å². The monoisotopic (exact) mass is 425 g/mol. The zero-order valence-electron chi connectivity index (χ0n) is 18.8. The zero-order chi connectivity index (χ0) is 22.6. The van der Waals surface area contributed by atoms with Crippen LogP contribution in [0.4, 0.5) is 4.79 Å². The molecule has 1 N–H and O–H groups in total. The van der Waals surface area contributed by atoms with Crippen LogP contribution in [-0.2, 0) is 23.7 Å². The predicted molar refractivity (Wildman–Crippen MR) is 113 cm³/mol. The number of esters is 1. The SMILES string of the molecule is CCCO[C@@H](COC)[C@@H](Oc1ccccc1)[C@H](C)OC(=O)CNC(=O)OC(C)(C)C. The van der Waals surface area contributed by atoms with E-state index in [9.17, 15) is 9.59 Å². The maximum Gasteiger partial charge on any atom is 0.408 e. The second kappa shape index (κ2) is 13.1. The van der Waals surface area contributed by atoms with Crippen LogP contribution < -0.4 is 10.1 Å². The number of alkyl carbamates (subject to hydrolysis) is 1. The number of nitrogens with one attached hydrogen (secondary N) is 1. The van der Waals surface area contributed by atoms with Gasteiger partial charge in [0.25, 0.3) is 0 Å².